The Morgan fingerprint density at radius 2 is 0.875 bits per heavy atom. The van der Waals surface area contributed by atoms with E-state index in [4.69, 9.17) is 9.47 Å². The Kier molecular flexibility index (Phi) is 5.41. The highest BCUT2D eigenvalue weighted by molar-refractivity contribution is 9.10. The van der Waals surface area contributed by atoms with E-state index in [1.165, 1.54) is 0 Å². The van der Waals surface area contributed by atoms with E-state index >= 15 is 0 Å². The summed E-state index contributed by atoms with van der Waals surface area (Å²) in [7, 11) is 0. The third kappa shape index (κ3) is 3.76. The van der Waals surface area contributed by atoms with Gasteiger partial charge in [0.25, 0.3) is 0 Å². The van der Waals surface area contributed by atoms with Crippen LogP contribution in [-0.2, 0) is 0 Å². The number of rotatable bonds is 4. The summed E-state index contributed by atoms with van der Waals surface area (Å²) in [6, 6.07) is 24.6. The van der Waals surface area contributed by atoms with Gasteiger partial charge < -0.3 is 9.47 Å². The molecule has 6 heteroatoms. The molecule has 0 aliphatic heterocycles. The van der Waals surface area contributed by atoms with Crippen LogP contribution in [0.15, 0.2) is 93.9 Å². The van der Waals surface area contributed by atoms with Gasteiger partial charge >= 0.3 is 0 Å². The van der Waals surface area contributed by atoms with Crippen molar-refractivity contribution in [2.75, 3.05) is 0 Å². The molecule has 0 bridgehead atoms. The summed E-state index contributed by atoms with van der Waals surface area (Å²) in [6.45, 7) is 0. The van der Waals surface area contributed by atoms with E-state index in [2.05, 4.69) is 31.9 Å². The molecule has 0 unspecified atom stereocenters. The number of ketones is 2. The number of benzene rings is 4. The first kappa shape index (κ1) is 20.7. The molecule has 0 fully saturated rings. The van der Waals surface area contributed by atoms with Gasteiger partial charge in [-0.2, -0.15) is 0 Å². The van der Waals surface area contributed by atoms with Crippen LogP contribution in [0.25, 0.3) is 0 Å². The molecule has 0 N–H and O–H groups in total. The number of carbonyl (C=O) groups is 2. The summed E-state index contributed by atoms with van der Waals surface area (Å²) in [5, 5.41) is 0. The lowest BCUT2D eigenvalue weighted by atomic mass is 9.83. The van der Waals surface area contributed by atoms with Crippen molar-refractivity contribution in [1.82, 2.24) is 0 Å². The Hall–Kier alpha value is -3.22. The number of halogens is 2. The van der Waals surface area contributed by atoms with E-state index < -0.39 is 0 Å². The fourth-order valence-corrected chi connectivity index (χ4v) is 4.12. The second-order valence-corrected chi connectivity index (χ2v) is 8.96. The highest BCUT2D eigenvalue weighted by atomic mass is 79.9. The van der Waals surface area contributed by atoms with Crippen molar-refractivity contribution in [1.29, 1.82) is 0 Å². The molecule has 0 radical (unpaired) electrons. The smallest absolute Gasteiger partial charge is 0.198 e. The molecule has 0 heterocycles. The molecule has 0 amide bonds. The molecule has 0 atom stereocenters. The fourth-order valence-electron chi connectivity index (χ4n) is 3.59. The minimum Gasteiger partial charge on any atom is -0.457 e. The van der Waals surface area contributed by atoms with Gasteiger partial charge in [-0.05, 0) is 60.7 Å². The number of carbonyl (C=O) groups excluding carboxylic acids is 2. The molecule has 0 aromatic heterocycles. The highest BCUT2D eigenvalue weighted by Crippen LogP contribution is 2.41. The highest BCUT2D eigenvalue weighted by Gasteiger charge is 2.35. The van der Waals surface area contributed by atoms with Crippen LogP contribution < -0.4 is 9.47 Å². The van der Waals surface area contributed by atoms with Crippen LogP contribution in [-0.4, -0.2) is 11.6 Å². The van der Waals surface area contributed by atoms with Crippen LogP contribution in [0.1, 0.15) is 31.8 Å². The van der Waals surface area contributed by atoms with Crippen molar-refractivity contribution in [3.05, 3.63) is 116 Å². The lowest BCUT2D eigenvalue weighted by Crippen LogP contribution is -2.22. The summed E-state index contributed by atoms with van der Waals surface area (Å²) < 4.78 is 13.9. The van der Waals surface area contributed by atoms with Crippen LogP contribution in [0.4, 0.5) is 0 Å². The van der Waals surface area contributed by atoms with Crippen molar-refractivity contribution in [2.45, 2.75) is 0 Å². The number of ether oxygens (including phenoxy) is 2. The van der Waals surface area contributed by atoms with Crippen LogP contribution in [0.3, 0.4) is 0 Å². The van der Waals surface area contributed by atoms with E-state index in [1.807, 2.05) is 24.3 Å². The third-order valence-electron chi connectivity index (χ3n) is 5.08. The molecule has 0 spiro atoms. The number of hydrogen-bond acceptors (Lipinski definition) is 4. The molecule has 4 aromatic carbocycles. The van der Waals surface area contributed by atoms with Crippen LogP contribution in [0, 0.1) is 0 Å². The molecule has 0 saturated heterocycles. The summed E-state index contributed by atoms with van der Waals surface area (Å²) in [5.74, 6) is 1.16. The Morgan fingerprint density at radius 1 is 0.500 bits per heavy atom. The molecule has 4 aromatic rings. The average molecular weight is 550 g/mol. The van der Waals surface area contributed by atoms with Crippen molar-refractivity contribution in [2.24, 2.45) is 0 Å². The van der Waals surface area contributed by atoms with Gasteiger partial charge in [-0.25, -0.2) is 0 Å². The zero-order valence-electron chi connectivity index (χ0n) is 16.5. The quantitative estimate of drug-likeness (QED) is 0.232. The Balaban J connectivity index is 1.65. The molecule has 1 aliphatic rings. The van der Waals surface area contributed by atoms with Crippen molar-refractivity contribution < 1.29 is 19.1 Å². The van der Waals surface area contributed by atoms with Gasteiger partial charge in [-0.1, -0.05) is 56.1 Å². The predicted octanol–water partition coefficient (Wildman–Crippen LogP) is 7.57. The first-order valence-corrected chi connectivity index (χ1v) is 11.3. The maximum Gasteiger partial charge on any atom is 0.198 e. The largest absolute Gasteiger partial charge is 0.457 e. The van der Waals surface area contributed by atoms with Crippen LogP contribution >= 0.6 is 31.9 Å². The van der Waals surface area contributed by atoms with Gasteiger partial charge in [0.05, 0.1) is 11.1 Å². The van der Waals surface area contributed by atoms with Gasteiger partial charge in [0.2, 0.25) is 0 Å². The zero-order chi connectivity index (χ0) is 22.2. The molecule has 0 saturated carbocycles. The van der Waals surface area contributed by atoms with Gasteiger partial charge in [-0.3, -0.25) is 9.59 Å². The topological polar surface area (TPSA) is 52.6 Å². The zero-order valence-corrected chi connectivity index (χ0v) is 19.6. The van der Waals surface area contributed by atoms with E-state index in [1.54, 1.807) is 60.7 Å². The van der Waals surface area contributed by atoms with E-state index in [9.17, 15) is 9.59 Å². The standard InChI is InChI=1S/C26H14Br2O4/c27-15-5-9-17(10-6-15)31-21-13-14-22(32-18-11-7-16(28)8-12-18)24-23(21)25(29)19-3-1-2-4-20(19)26(24)30/h1-14H. The molecular weight excluding hydrogens is 536 g/mol. The maximum atomic E-state index is 13.5. The van der Waals surface area contributed by atoms with Crippen LogP contribution in [0.2, 0.25) is 0 Å². The predicted molar refractivity (Wildman–Crippen MR) is 128 cm³/mol. The molecule has 32 heavy (non-hydrogen) atoms. The van der Waals surface area contributed by atoms with Crippen molar-refractivity contribution >= 4 is 43.4 Å². The lowest BCUT2D eigenvalue weighted by molar-refractivity contribution is 0.0975. The molecular formula is C26H14Br2O4. The summed E-state index contributed by atoms with van der Waals surface area (Å²) in [5.41, 5.74) is 1.11. The summed E-state index contributed by atoms with van der Waals surface area (Å²) >= 11 is 6.80. The molecule has 5 rings (SSSR count). The monoisotopic (exact) mass is 548 g/mol. The van der Waals surface area contributed by atoms with Gasteiger partial charge in [0, 0.05) is 20.1 Å². The molecule has 1 aliphatic carbocycles. The average Bonchev–Trinajstić information content (AvgIpc) is 2.81. The second kappa shape index (κ2) is 8.37. The maximum absolute atomic E-state index is 13.5. The Bertz CT molecular complexity index is 1250. The Labute approximate surface area is 201 Å². The first-order chi connectivity index (χ1) is 15.5. The normalized spacial score (nSPS) is 12.2. The van der Waals surface area contributed by atoms with Gasteiger partial charge in [-0.15, -0.1) is 0 Å². The summed E-state index contributed by atoms with van der Waals surface area (Å²) in [4.78, 5) is 26.9. The third-order valence-corrected chi connectivity index (χ3v) is 6.14. The lowest BCUT2D eigenvalue weighted by Gasteiger charge is -2.22. The second-order valence-electron chi connectivity index (χ2n) is 7.13. The first-order valence-electron chi connectivity index (χ1n) is 9.73. The van der Waals surface area contributed by atoms with Gasteiger partial charge in [0.15, 0.2) is 11.6 Å². The van der Waals surface area contributed by atoms with E-state index in [-0.39, 0.29) is 22.7 Å². The van der Waals surface area contributed by atoms with Crippen LogP contribution in [0.5, 0.6) is 23.0 Å². The SMILES string of the molecule is O=C1c2ccccc2C(=O)c2c(Oc3ccc(Br)cc3)ccc(Oc3ccc(Br)cc3)c21. The number of fused-ring (bicyclic) bond motifs is 2. The molecule has 156 valence electrons. The van der Waals surface area contributed by atoms with Crippen molar-refractivity contribution in [3.63, 3.8) is 0 Å². The van der Waals surface area contributed by atoms with E-state index in [0.29, 0.717) is 34.1 Å². The van der Waals surface area contributed by atoms with Crippen molar-refractivity contribution in [3.8, 4) is 23.0 Å². The van der Waals surface area contributed by atoms with E-state index in [0.717, 1.165) is 8.95 Å². The minimum atomic E-state index is -0.274. The fraction of sp³-hybridized carbons (Fsp3) is 0. The molecule has 4 nitrogen and oxygen atoms in total. The summed E-state index contributed by atoms with van der Waals surface area (Å²) in [6.07, 6.45) is 0. The minimum absolute atomic E-state index is 0.200. The Morgan fingerprint density at radius 3 is 1.25 bits per heavy atom. The van der Waals surface area contributed by atoms with Gasteiger partial charge in [0.1, 0.15) is 23.0 Å². The number of hydrogen-bond donors (Lipinski definition) is 0.